The lowest BCUT2D eigenvalue weighted by atomic mass is 9.99. The van der Waals surface area contributed by atoms with Crippen LogP contribution in [0.3, 0.4) is 0 Å². The molecular formula is C41H60N6O6. The van der Waals surface area contributed by atoms with Gasteiger partial charge in [-0.25, -0.2) is 9.97 Å². The molecule has 0 saturated carbocycles. The molecule has 0 spiro atoms. The van der Waals surface area contributed by atoms with E-state index in [0.717, 1.165) is 104 Å². The zero-order chi connectivity index (χ0) is 38.5. The maximum Gasteiger partial charge on any atom is 0.223 e. The van der Waals surface area contributed by atoms with Crippen LogP contribution in [0.25, 0.3) is 22.1 Å². The Labute approximate surface area is 314 Å². The van der Waals surface area contributed by atoms with Crippen LogP contribution in [0.15, 0.2) is 36.4 Å². The van der Waals surface area contributed by atoms with Crippen LogP contribution in [-0.4, -0.2) is 82.6 Å². The summed E-state index contributed by atoms with van der Waals surface area (Å²) < 4.78 is 21.2. The zero-order valence-corrected chi connectivity index (χ0v) is 33.3. The number of benzene rings is 2. The predicted octanol–water partition coefficient (Wildman–Crippen LogP) is 6.78. The Kier molecular flexibility index (Phi) is 13.0. The third-order valence-corrected chi connectivity index (χ3v) is 10.6. The molecule has 2 aromatic carbocycles. The molecule has 12 nitrogen and oxygen atoms in total. The van der Waals surface area contributed by atoms with Crippen LogP contribution >= 0.6 is 0 Å². The van der Waals surface area contributed by atoms with E-state index in [1.807, 2.05) is 58.0 Å². The fraction of sp³-hybridized carbons (Fsp3) is 0.610. The standard InChI is InChI=1S/C21H31N3O3.C20H29N3O3/c1-6-23(15(2)25)17-7-8-19-18(13-17)22-20(21(3,4)26-5)24(19)14-16-9-11-27-12-10-16;1-5-22(14(2)24)16-6-7-18-17(12-16)21-19(20(3,4)25)23(18)13-15-8-10-26-11-9-15/h7-8,13,16H,6,9-12,14H2,1-5H3;6-7,12,15,25H,5,8-11,13H2,1-4H3. The van der Waals surface area contributed by atoms with Crippen molar-refractivity contribution in [2.24, 2.45) is 11.8 Å². The summed E-state index contributed by atoms with van der Waals surface area (Å²) in [6.45, 7) is 21.0. The Bertz CT molecular complexity index is 1860. The summed E-state index contributed by atoms with van der Waals surface area (Å²) >= 11 is 0. The van der Waals surface area contributed by atoms with Gasteiger partial charge in [-0.15, -0.1) is 0 Å². The Balaban J connectivity index is 0.000000204. The monoisotopic (exact) mass is 732 g/mol. The fourth-order valence-electron chi connectivity index (χ4n) is 7.51. The highest BCUT2D eigenvalue weighted by Gasteiger charge is 2.30. The number of anilines is 2. The lowest BCUT2D eigenvalue weighted by molar-refractivity contribution is -0.117. The van der Waals surface area contributed by atoms with Crippen molar-refractivity contribution in [2.45, 2.75) is 105 Å². The number of fused-ring (bicyclic) bond motifs is 2. The minimum atomic E-state index is -1.03. The zero-order valence-electron chi connectivity index (χ0n) is 33.3. The molecule has 0 atom stereocenters. The van der Waals surface area contributed by atoms with E-state index < -0.39 is 11.2 Å². The maximum absolute atomic E-state index is 11.9. The molecule has 12 heteroatoms. The number of nitrogens with zero attached hydrogens (tertiary/aromatic N) is 6. The van der Waals surface area contributed by atoms with Gasteiger partial charge in [-0.05, 0) is 115 Å². The smallest absolute Gasteiger partial charge is 0.223 e. The van der Waals surface area contributed by atoms with E-state index in [-0.39, 0.29) is 11.8 Å². The van der Waals surface area contributed by atoms with Gasteiger partial charge < -0.3 is 38.3 Å². The highest BCUT2D eigenvalue weighted by molar-refractivity contribution is 5.94. The van der Waals surface area contributed by atoms with Gasteiger partial charge in [0.15, 0.2) is 0 Å². The van der Waals surface area contributed by atoms with Crippen LogP contribution in [0, 0.1) is 11.8 Å². The molecule has 53 heavy (non-hydrogen) atoms. The number of methoxy groups -OCH3 is 1. The van der Waals surface area contributed by atoms with Gasteiger partial charge in [0.05, 0.1) is 22.1 Å². The second-order valence-corrected chi connectivity index (χ2v) is 15.3. The molecule has 2 fully saturated rings. The molecule has 2 aromatic heterocycles. The molecule has 4 aromatic rings. The van der Waals surface area contributed by atoms with Crippen molar-refractivity contribution < 1.29 is 28.9 Å². The molecule has 4 heterocycles. The minimum Gasteiger partial charge on any atom is -0.383 e. The van der Waals surface area contributed by atoms with Gasteiger partial charge in [-0.1, -0.05) is 0 Å². The molecule has 0 unspecified atom stereocenters. The largest absolute Gasteiger partial charge is 0.383 e. The number of rotatable bonds is 11. The topological polar surface area (TPSA) is 124 Å². The Hall–Kier alpha value is -3.84. The van der Waals surface area contributed by atoms with Crippen LogP contribution in [-0.2, 0) is 48.1 Å². The van der Waals surface area contributed by atoms with E-state index in [1.165, 1.54) is 0 Å². The Morgan fingerprint density at radius 1 is 0.755 bits per heavy atom. The highest BCUT2D eigenvalue weighted by atomic mass is 16.5. The van der Waals surface area contributed by atoms with Crippen LogP contribution in [0.2, 0.25) is 0 Å². The Morgan fingerprint density at radius 2 is 1.15 bits per heavy atom. The maximum atomic E-state index is 11.9. The number of amides is 2. The first-order chi connectivity index (χ1) is 25.2. The normalized spacial score (nSPS) is 16.1. The van der Waals surface area contributed by atoms with Gasteiger partial charge in [-0.2, -0.15) is 0 Å². The summed E-state index contributed by atoms with van der Waals surface area (Å²) in [5.74, 6) is 2.74. The predicted molar refractivity (Wildman–Crippen MR) is 209 cm³/mol. The van der Waals surface area contributed by atoms with Crippen LogP contribution in [0.1, 0.15) is 92.7 Å². The molecule has 0 radical (unpaired) electrons. The molecule has 2 aliphatic rings. The SMILES string of the molecule is CCN(C(C)=O)c1ccc2c(c1)nc(C(C)(C)O)n2CC1CCOCC1.CCN(C(C)=O)c1ccc2c(c1)nc(C(C)(C)OC)n2CC1CCOCC1. The van der Waals surface area contributed by atoms with E-state index in [4.69, 9.17) is 24.2 Å². The van der Waals surface area contributed by atoms with Gasteiger partial charge in [0, 0.05) is 84.9 Å². The molecular weight excluding hydrogens is 672 g/mol. The first-order valence-electron chi connectivity index (χ1n) is 19.2. The third kappa shape index (κ3) is 9.28. The number of hydrogen-bond donors (Lipinski definition) is 1. The molecule has 2 saturated heterocycles. The van der Waals surface area contributed by atoms with Crippen molar-refractivity contribution in [3.05, 3.63) is 48.0 Å². The van der Waals surface area contributed by atoms with Crippen molar-refractivity contribution in [3.8, 4) is 0 Å². The number of carbonyl (C=O) groups is 2. The van der Waals surface area contributed by atoms with Gasteiger partial charge in [0.1, 0.15) is 22.9 Å². The first-order valence-corrected chi connectivity index (χ1v) is 19.2. The summed E-state index contributed by atoms with van der Waals surface area (Å²) in [5, 5.41) is 10.6. The van der Waals surface area contributed by atoms with E-state index in [0.29, 0.717) is 30.7 Å². The van der Waals surface area contributed by atoms with Gasteiger partial charge in [-0.3, -0.25) is 9.59 Å². The van der Waals surface area contributed by atoms with Crippen LogP contribution in [0.4, 0.5) is 11.4 Å². The molecule has 290 valence electrons. The molecule has 6 rings (SSSR count). The van der Waals surface area contributed by atoms with Gasteiger partial charge >= 0.3 is 0 Å². The molecule has 0 bridgehead atoms. The second-order valence-electron chi connectivity index (χ2n) is 15.3. The summed E-state index contributed by atoms with van der Waals surface area (Å²) in [6, 6.07) is 12.0. The lowest BCUT2D eigenvalue weighted by Gasteiger charge is -2.27. The van der Waals surface area contributed by atoms with Gasteiger partial charge in [0.25, 0.3) is 0 Å². The lowest BCUT2D eigenvalue weighted by Crippen LogP contribution is -2.28. The Morgan fingerprint density at radius 3 is 1.51 bits per heavy atom. The van der Waals surface area contributed by atoms with Crippen LogP contribution < -0.4 is 9.80 Å². The minimum absolute atomic E-state index is 0.0104. The number of imidazole rings is 2. The number of aliphatic hydroxyl groups is 1. The van der Waals surface area contributed by atoms with E-state index in [1.54, 1.807) is 44.6 Å². The molecule has 0 aliphatic carbocycles. The van der Waals surface area contributed by atoms with E-state index in [2.05, 4.69) is 15.2 Å². The molecule has 2 amide bonds. The van der Waals surface area contributed by atoms with Crippen molar-refractivity contribution in [3.63, 3.8) is 0 Å². The summed E-state index contributed by atoms with van der Waals surface area (Å²) in [5.41, 5.74) is 4.00. The molecule has 1 N–H and O–H groups in total. The third-order valence-electron chi connectivity index (χ3n) is 10.6. The van der Waals surface area contributed by atoms with Crippen LogP contribution in [0.5, 0.6) is 0 Å². The van der Waals surface area contributed by atoms with Crippen molar-refractivity contribution in [2.75, 3.05) is 56.4 Å². The summed E-state index contributed by atoms with van der Waals surface area (Å²) in [6.07, 6.45) is 4.19. The van der Waals surface area contributed by atoms with E-state index in [9.17, 15) is 14.7 Å². The number of carbonyl (C=O) groups excluding carboxylic acids is 2. The number of ether oxygens (including phenoxy) is 3. The average molecular weight is 733 g/mol. The summed E-state index contributed by atoms with van der Waals surface area (Å²) in [7, 11) is 1.72. The summed E-state index contributed by atoms with van der Waals surface area (Å²) in [4.78, 5) is 36.9. The van der Waals surface area contributed by atoms with E-state index >= 15 is 0 Å². The van der Waals surface area contributed by atoms with Crippen molar-refractivity contribution in [1.29, 1.82) is 0 Å². The quantitative estimate of drug-likeness (QED) is 0.179. The second kappa shape index (κ2) is 17.1. The van der Waals surface area contributed by atoms with Crippen molar-refractivity contribution >= 4 is 45.3 Å². The fourth-order valence-corrected chi connectivity index (χ4v) is 7.51. The van der Waals surface area contributed by atoms with Gasteiger partial charge in [0.2, 0.25) is 11.8 Å². The number of aromatic nitrogens is 4. The first kappa shape index (κ1) is 40.3. The van der Waals surface area contributed by atoms with Crippen molar-refractivity contribution in [1.82, 2.24) is 19.1 Å². The number of hydrogen-bond acceptors (Lipinski definition) is 8. The average Bonchev–Trinajstić information content (AvgIpc) is 3.68. The highest BCUT2D eigenvalue weighted by Crippen LogP contribution is 2.33. The molecule has 2 aliphatic heterocycles.